The van der Waals surface area contributed by atoms with Crippen molar-refractivity contribution < 1.29 is 0 Å². The van der Waals surface area contributed by atoms with Gasteiger partial charge < -0.3 is 5.32 Å². The fraction of sp³-hybridized carbons (Fsp3) is 0.684. The van der Waals surface area contributed by atoms with Gasteiger partial charge in [-0.1, -0.05) is 43.7 Å². The number of fused-ring (bicyclic) bond motifs is 1. The number of nitrogens with one attached hydrogen (secondary N) is 1. The van der Waals surface area contributed by atoms with Gasteiger partial charge in [0.25, 0.3) is 0 Å². The largest absolute Gasteiger partial charge is 0.313 e. The van der Waals surface area contributed by atoms with E-state index in [1.165, 1.54) is 38.6 Å². The molecule has 1 aromatic carbocycles. The number of rotatable bonds is 6. The third-order valence-electron chi connectivity index (χ3n) is 6.05. The van der Waals surface area contributed by atoms with E-state index in [0.29, 0.717) is 0 Å². The molecule has 0 saturated heterocycles. The highest BCUT2D eigenvalue weighted by Gasteiger charge is 2.60. The molecule has 0 aromatic heterocycles. The van der Waals surface area contributed by atoms with Crippen LogP contribution in [0, 0.1) is 23.7 Å². The average molecular weight is 269 g/mol. The molecule has 0 amide bonds. The highest BCUT2D eigenvalue weighted by molar-refractivity contribution is 5.28. The monoisotopic (exact) mass is 269 g/mol. The van der Waals surface area contributed by atoms with Crippen LogP contribution in [0.2, 0.25) is 0 Å². The molecule has 0 radical (unpaired) electrons. The first-order chi connectivity index (χ1) is 9.90. The quantitative estimate of drug-likeness (QED) is 0.816. The minimum Gasteiger partial charge on any atom is -0.313 e. The van der Waals surface area contributed by atoms with Crippen molar-refractivity contribution in [2.75, 3.05) is 6.54 Å². The van der Waals surface area contributed by atoms with Crippen LogP contribution in [-0.4, -0.2) is 12.6 Å². The fourth-order valence-corrected chi connectivity index (χ4v) is 4.99. The lowest BCUT2D eigenvalue weighted by Gasteiger charge is -2.21. The molecule has 5 atom stereocenters. The van der Waals surface area contributed by atoms with Gasteiger partial charge in [-0.2, -0.15) is 0 Å². The van der Waals surface area contributed by atoms with E-state index in [0.717, 1.165) is 35.6 Å². The minimum absolute atomic E-state index is 0.815. The standard InChI is InChI=1S/C19H27N/c1-2-11-20-19(18-14-9-6-10-15(14)18)17-12-16(17)13-7-4-3-5-8-13/h3-5,7-8,14-20H,2,6,9-12H2,1H3. The van der Waals surface area contributed by atoms with Gasteiger partial charge in [0.1, 0.15) is 0 Å². The van der Waals surface area contributed by atoms with Crippen LogP contribution < -0.4 is 5.32 Å². The Morgan fingerprint density at radius 3 is 2.60 bits per heavy atom. The van der Waals surface area contributed by atoms with Gasteiger partial charge in [0.2, 0.25) is 0 Å². The summed E-state index contributed by atoms with van der Waals surface area (Å²) in [5.74, 6) is 4.95. The van der Waals surface area contributed by atoms with Gasteiger partial charge in [-0.3, -0.25) is 0 Å². The van der Waals surface area contributed by atoms with Crippen molar-refractivity contribution in [3.63, 3.8) is 0 Å². The van der Waals surface area contributed by atoms with E-state index in [9.17, 15) is 0 Å². The molecular formula is C19H27N. The van der Waals surface area contributed by atoms with Crippen LogP contribution in [0.3, 0.4) is 0 Å². The minimum atomic E-state index is 0.815. The summed E-state index contributed by atoms with van der Waals surface area (Å²) < 4.78 is 0. The molecule has 0 aliphatic heterocycles. The van der Waals surface area contributed by atoms with Gasteiger partial charge in [0, 0.05) is 6.04 Å². The molecule has 0 bridgehead atoms. The van der Waals surface area contributed by atoms with Crippen LogP contribution in [0.15, 0.2) is 30.3 Å². The molecule has 20 heavy (non-hydrogen) atoms. The van der Waals surface area contributed by atoms with Crippen LogP contribution >= 0.6 is 0 Å². The lowest BCUT2D eigenvalue weighted by atomic mass is 9.97. The second-order valence-electron chi connectivity index (χ2n) is 7.23. The van der Waals surface area contributed by atoms with Crippen LogP contribution in [0.1, 0.15) is 50.5 Å². The van der Waals surface area contributed by atoms with Gasteiger partial charge in [0.15, 0.2) is 0 Å². The lowest BCUT2D eigenvalue weighted by Crippen LogP contribution is -2.35. The molecule has 108 valence electrons. The summed E-state index contributed by atoms with van der Waals surface area (Å²) in [6, 6.07) is 12.0. The van der Waals surface area contributed by atoms with Crippen molar-refractivity contribution >= 4 is 0 Å². The van der Waals surface area contributed by atoms with E-state index in [4.69, 9.17) is 0 Å². The first-order valence-corrected chi connectivity index (χ1v) is 8.68. The smallest absolute Gasteiger partial charge is 0.0135 e. The summed E-state index contributed by atoms with van der Waals surface area (Å²) in [7, 11) is 0. The molecule has 3 saturated carbocycles. The van der Waals surface area contributed by atoms with Crippen molar-refractivity contribution in [1.82, 2.24) is 5.32 Å². The summed E-state index contributed by atoms with van der Waals surface area (Å²) in [6.45, 7) is 3.50. The molecule has 1 heteroatoms. The zero-order chi connectivity index (χ0) is 13.5. The molecule has 0 heterocycles. The van der Waals surface area contributed by atoms with Gasteiger partial charge >= 0.3 is 0 Å². The SMILES string of the molecule is CCCNC(C1CC1c1ccccc1)C1C2CCCC21. The summed E-state index contributed by atoms with van der Waals surface area (Å²) in [5, 5.41) is 3.92. The van der Waals surface area contributed by atoms with Crippen molar-refractivity contribution in [3.8, 4) is 0 Å². The van der Waals surface area contributed by atoms with Gasteiger partial charge in [-0.05, 0) is 67.4 Å². The van der Waals surface area contributed by atoms with E-state index < -0.39 is 0 Å². The first-order valence-electron chi connectivity index (χ1n) is 8.68. The number of hydrogen-bond acceptors (Lipinski definition) is 1. The van der Waals surface area contributed by atoms with Crippen LogP contribution in [0.25, 0.3) is 0 Å². The van der Waals surface area contributed by atoms with Crippen LogP contribution in [0.4, 0.5) is 0 Å². The van der Waals surface area contributed by atoms with Gasteiger partial charge in [-0.15, -0.1) is 0 Å². The van der Waals surface area contributed by atoms with Gasteiger partial charge in [0.05, 0.1) is 0 Å². The normalized spacial score (nSPS) is 39.4. The Bertz CT molecular complexity index is 444. The molecule has 1 nitrogen and oxygen atoms in total. The van der Waals surface area contributed by atoms with Crippen molar-refractivity contribution in [2.45, 2.75) is 51.0 Å². The molecule has 0 spiro atoms. The van der Waals surface area contributed by atoms with Crippen LogP contribution in [0.5, 0.6) is 0 Å². The lowest BCUT2D eigenvalue weighted by molar-refractivity contribution is 0.365. The summed E-state index contributed by atoms with van der Waals surface area (Å²) in [4.78, 5) is 0. The average Bonchev–Trinajstić information content (AvgIpc) is 3.38. The highest BCUT2D eigenvalue weighted by Crippen LogP contribution is 2.64. The van der Waals surface area contributed by atoms with Crippen molar-refractivity contribution in [2.24, 2.45) is 23.7 Å². The number of hydrogen-bond donors (Lipinski definition) is 1. The predicted octanol–water partition coefficient (Wildman–Crippen LogP) is 4.20. The second-order valence-corrected chi connectivity index (χ2v) is 7.23. The van der Waals surface area contributed by atoms with E-state index in [1.54, 1.807) is 5.56 Å². The maximum Gasteiger partial charge on any atom is 0.0135 e. The third-order valence-corrected chi connectivity index (χ3v) is 6.05. The Morgan fingerprint density at radius 1 is 1.15 bits per heavy atom. The molecular weight excluding hydrogens is 242 g/mol. The van der Waals surface area contributed by atoms with E-state index in [2.05, 4.69) is 42.6 Å². The molecule has 4 rings (SSSR count). The Morgan fingerprint density at radius 2 is 1.90 bits per heavy atom. The maximum absolute atomic E-state index is 3.92. The molecule has 3 aliphatic rings. The summed E-state index contributed by atoms with van der Waals surface area (Å²) >= 11 is 0. The Hall–Kier alpha value is -0.820. The Labute approximate surface area is 123 Å². The fourth-order valence-electron chi connectivity index (χ4n) is 4.99. The maximum atomic E-state index is 3.92. The molecule has 3 fully saturated rings. The van der Waals surface area contributed by atoms with E-state index >= 15 is 0 Å². The second kappa shape index (κ2) is 5.18. The van der Waals surface area contributed by atoms with Crippen molar-refractivity contribution in [3.05, 3.63) is 35.9 Å². The van der Waals surface area contributed by atoms with E-state index in [-0.39, 0.29) is 0 Å². The van der Waals surface area contributed by atoms with Gasteiger partial charge in [-0.25, -0.2) is 0 Å². The summed E-state index contributed by atoms with van der Waals surface area (Å²) in [6.07, 6.45) is 7.21. The highest BCUT2D eigenvalue weighted by atomic mass is 15.0. The van der Waals surface area contributed by atoms with Crippen LogP contribution in [-0.2, 0) is 0 Å². The molecule has 1 N–H and O–H groups in total. The predicted molar refractivity (Wildman–Crippen MR) is 83.7 cm³/mol. The zero-order valence-corrected chi connectivity index (χ0v) is 12.6. The molecule has 1 aromatic rings. The third kappa shape index (κ3) is 2.20. The molecule has 3 aliphatic carbocycles. The summed E-state index contributed by atoms with van der Waals surface area (Å²) in [5.41, 5.74) is 1.58. The Kier molecular flexibility index (Phi) is 3.34. The zero-order valence-electron chi connectivity index (χ0n) is 12.6. The van der Waals surface area contributed by atoms with Crippen molar-refractivity contribution in [1.29, 1.82) is 0 Å². The first kappa shape index (κ1) is 12.9. The molecule has 5 unspecified atom stereocenters. The van der Waals surface area contributed by atoms with E-state index in [1.807, 2.05) is 0 Å². The topological polar surface area (TPSA) is 12.0 Å². The Balaban J connectivity index is 1.44. The number of benzene rings is 1.